The van der Waals surface area contributed by atoms with Crippen molar-refractivity contribution < 1.29 is 19.2 Å². The van der Waals surface area contributed by atoms with Gasteiger partial charge in [0.1, 0.15) is 5.71 Å². The van der Waals surface area contributed by atoms with E-state index in [1.54, 1.807) is 31.2 Å². The number of hydrogen-bond acceptors (Lipinski definition) is 5. The molecule has 0 N–H and O–H groups in total. The van der Waals surface area contributed by atoms with Crippen molar-refractivity contribution in [2.24, 2.45) is 5.16 Å². The van der Waals surface area contributed by atoms with Crippen LogP contribution in [-0.4, -0.2) is 24.8 Å². The highest BCUT2D eigenvalue weighted by Gasteiger charge is 2.13. The second-order valence-electron chi connectivity index (χ2n) is 3.13. The van der Waals surface area contributed by atoms with E-state index in [1.807, 2.05) is 6.07 Å². The lowest BCUT2D eigenvalue weighted by Gasteiger charge is -2.02. The van der Waals surface area contributed by atoms with Gasteiger partial charge in [-0.25, -0.2) is 4.79 Å². The summed E-state index contributed by atoms with van der Waals surface area (Å²) in [4.78, 5) is 27.0. The smallest absolute Gasteiger partial charge is 0.436 e. The molecule has 0 spiro atoms. The molecule has 0 radical (unpaired) electrons. The second kappa shape index (κ2) is 6.42. The van der Waals surface area contributed by atoms with Crippen molar-refractivity contribution in [2.45, 2.75) is 13.3 Å². The van der Waals surface area contributed by atoms with Crippen molar-refractivity contribution in [1.29, 1.82) is 0 Å². The lowest BCUT2D eigenvalue weighted by molar-refractivity contribution is 0.0746. The molecule has 0 aliphatic carbocycles. The van der Waals surface area contributed by atoms with Gasteiger partial charge in [0.15, 0.2) is 0 Å². The lowest BCUT2D eigenvalue weighted by Crippen LogP contribution is -2.15. The molecule has 1 rings (SSSR count). The molecule has 17 heavy (non-hydrogen) atoms. The van der Waals surface area contributed by atoms with E-state index in [1.165, 1.54) is 7.11 Å². The third-order valence-electron chi connectivity index (χ3n) is 2.03. The summed E-state index contributed by atoms with van der Waals surface area (Å²) in [6.07, 6.45) is -0.582. The summed E-state index contributed by atoms with van der Waals surface area (Å²) in [5.74, 6) is -0.267. The molecule has 0 aliphatic rings. The molecule has 90 valence electrons. The van der Waals surface area contributed by atoms with Crippen molar-refractivity contribution in [3.63, 3.8) is 0 Å². The third-order valence-corrected chi connectivity index (χ3v) is 2.03. The van der Waals surface area contributed by atoms with E-state index >= 15 is 0 Å². The van der Waals surface area contributed by atoms with Crippen molar-refractivity contribution in [2.75, 3.05) is 7.11 Å². The average Bonchev–Trinajstić information content (AvgIpc) is 2.39. The molecule has 0 saturated heterocycles. The van der Waals surface area contributed by atoms with Gasteiger partial charge >= 0.3 is 6.16 Å². The first-order chi connectivity index (χ1) is 8.19. The second-order valence-corrected chi connectivity index (χ2v) is 3.13. The highest BCUT2D eigenvalue weighted by atomic mass is 16.8. The Morgan fingerprint density at radius 1 is 1.24 bits per heavy atom. The summed E-state index contributed by atoms with van der Waals surface area (Å²) in [7, 11) is 1.17. The number of ether oxygens (including phenoxy) is 1. The molecule has 5 heteroatoms. The van der Waals surface area contributed by atoms with E-state index in [9.17, 15) is 9.59 Å². The maximum atomic E-state index is 11.9. The van der Waals surface area contributed by atoms with Gasteiger partial charge in [0.2, 0.25) is 5.78 Å². The van der Waals surface area contributed by atoms with Crippen LogP contribution in [0.25, 0.3) is 0 Å². The molecule has 0 saturated carbocycles. The minimum atomic E-state index is -0.947. The number of Topliss-reactive ketones (excluding diaryl/α,β-unsaturated/α-hetero) is 1. The lowest BCUT2D eigenvalue weighted by atomic mass is 10.1. The van der Waals surface area contributed by atoms with Gasteiger partial charge in [-0.05, 0) is 6.42 Å². The van der Waals surface area contributed by atoms with Crippen LogP contribution in [0.4, 0.5) is 4.79 Å². The molecule has 1 aromatic carbocycles. The largest absolute Gasteiger partial charge is 0.534 e. The van der Waals surface area contributed by atoms with E-state index in [-0.39, 0.29) is 11.5 Å². The quantitative estimate of drug-likeness (QED) is 0.264. The Morgan fingerprint density at radius 2 is 1.88 bits per heavy atom. The van der Waals surface area contributed by atoms with Gasteiger partial charge in [-0.1, -0.05) is 42.4 Å². The van der Waals surface area contributed by atoms with Gasteiger partial charge < -0.3 is 4.74 Å². The molecule has 0 amide bonds. The van der Waals surface area contributed by atoms with Gasteiger partial charge in [0.05, 0.1) is 7.11 Å². The van der Waals surface area contributed by atoms with Crippen LogP contribution in [0.1, 0.15) is 23.7 Å². The molecule has 0 atom stereocenters. The predicted octanol–water partition coefficient (Wildman–Crippen LogP) is 2.42. The van der Waals surface area contributed by atoms with Crippen LogP contribution in [-0.2, 0) is 9.57 Å². The number of carbonyl (C=O) groups is 2. The van der Waals surface area contributed by atoms with Crippen LogP contribution < -0.4 is 0 Å². The average molecular weight is 235 g/mol. The summed E-state index contributed by atoms with van der Waals surface area (Å²) in [6.45, 7) is 1.75. The molecule has 1 aromatic rings. The zero-order chi connectivity index (χ0) is 12.7. The maximum absolute atomic E-state index is 11.9. The van der Waals surface area contributed by atoms with E-state index in [0.29, 0.717) is 12.0 Å². The van der Waals surface area contributed by atoms with Crippen molar-refractivity contribution in [3.05, 3.63) is 35.9 Å². The Labute approximate surface area is 99.0 Å². The summed E-state index contributed by atoms with van der Waals surface area (Å²) in [5.41, 5.74) is 0.670. The number of hydrogen-bond donors (Lipinski definition) is 0. The highest BCUT2D eigenvalue weighted by Crippen LogP contribution is 2.04. The number of methoxy groups -OCH3 is 1. The van der Waals surface area contributed by atoms with Gasteiger partial charge in [0.25, 0.3) is 0 Å². The van der Waals surface area contributed by atoms with Gasteiger partial charge in [0, 0.05) is 5.56 Å². The van der Waals surface area contributed by atoms with Gasteiger partial charge in [-0.3, -0.25) is 9.63 Å². The maximum Gasteiger partial charge on any atom is 0.534 e. The number of benzene rings is 1. The summed E-state index contributed by atoms with van der Waals surface area (Å²) >= 11 is 0. The summed E-state index contributed by atoms with van der Waals surface area (Å²) in [6, 6.07) is 8.66. The summed E-state index contributed by atoms with van der Waals surface area (Å²) < 4.78 is 4.25. The number of rotatable bonds is 4. The van der Waals surface area contributed by atoms with Crippen LogP contribution in [0.2, 0.25) is 0 Å². The first-order valence-electron chi connectivity index (χ1n) is 5.10. The van der Waals surface area contributed by atoms with Crippen LogP contribution in [0.15, 0.2) is 35.5 Å². The van der Waals surface area contributed by atoms with Crippen molar-refractivity contribution >= 4 is 17.7 Å². The minimum Gasteiger partial charge on any atom is -0.436 e. The molecule has 0 unspecified atom stereocenters. The van der Waals surface area contributed by atoms with E-state index in [2.05, 4.69) is 14.7 Å². The predicted molar refractivity (Wildman–Crippen MR) is 62.0 cm³/mol. The van der Waals surface area contributed by atoms with E-state index in [0.717, 1.165) is 0 Å². The fourth-order valence-electron chi connectivity index (χ4n) is 1.15. The molecule has 0 fully saturated rings. The molecular weight excluding hydrogens is 222 g/mol. The molecule has 0 heterocycles. The number of oxime groups is 1. The van der Waals surface area contributed by atoms with Crippen LogP contribution in [0.3, 0.4) is 0 Å². The van der Waals surface area contributed by atoms with Gasteiger partial charge in [-0.15, -0.1) is 0 Å². The monoisotopic (exact) mass is 235 g/mol. The van der Waals surface area contributed by atoms with E-state index < -0.39 is 6.16 Å². The zero-order valence-electron chi connectivity index (χ0n) is 9.67. The molecule has 0 aliphatic heterocycles. The third kappa shape index (κ3) is 3.71. The zero-order valence-corrected chi connectivity index (χ0v) is 9.67. The topological polar surface area (TPSA) is 65.0 Å². The first-order valence-corrected chi connectivity index (χ1v) is 5.10. The van der Waals surface area contributed by atoms with E-state index in [4.69, 9.17) is 0 Å². The SMILES string of the molecule is CCC(=NOC(=O)OC)C(=O)c1ccccc1. The van der Waals surface area contributed by atoms with Crippen LogP contribution >= 0.6 is 0 Å². The Kier molecular flexibility index (Phi) is 4.87. The fraction of sp³-hybridized carbons (Fsp3) is 0.250. The Bertz CT molecular complexity index is 425. The Hall–Kier alpha value is -2.17. The van der Waals surface area contributed by atoms with Gasteiger partial charge in [-0.2, -0.15) is 0 Å². The number of carbonyl (C=O) groups excluding carboxylic acids is 2. The standard InChI is InChI=1S/C12H13NO4/c1-3-10(13-17-12(15)16-2)11(14)9-7-5-4-6-8-9/h4-8H,3H2,1-2H3. The molecule has 0 bridgehead atoms. The molecule has 5 nitrogen and oxygen atoms in total. The van der Waals surface area contributed by atoms with Crippen LogP contribution in [0, 0.1) is 0 Å². The number of nitrogens with zero attached hydrogens (tertiary/aromatic N) is 1. The molecular formula is C12H13NO4. The Morgan fingerprint density at radius 3 is 2.41 bits per heavy atom. The normalized spacial score (nSPS) is 10.8. The highest BCUT2D eigenvalue weighted by molar-refractivity contribution is 6.45. The van der Waals surface area contributed by atoms with Crippen LogP contribution in [0.5, 0.6) is 0 Å². The fourth-order valence-corrected chi connectivity index (χ4v) is 1.15. The minimum absolute atomic E-state index is 0.168. The van der Waals surface area contributed by atoms with Crippen molar-refractivity contribution in [3.8, 4) is 0 Å². The molecule has 0 aromatic heterocycles. The first kappa shape index (κ1) is 12.9. The summed E-state index contributed by atoms with van der Waals surface area (Å²) in [5, 5.41) is 3.48. The van der Waals surface area contributed by atoms with Crippen molar-refractivity contribution in [1.82, 2.24) is 0 Å². The Balaban J connectivity index is 2.81. The number of ketones is 1.